The van der Waals surface area contributed by atoms with E-state index in [1.165, 1.54) is 6.42 Å². The predicted molar refractivity (Wildman–Crippen MR) is 171 cm³/mol. The molecule has 3 N–H and O–H groups in total. The van der Waals surface area contributed by atoms with E-state index in [1.807, 2.05) is 49.0 Å². The van der Waals surface area contributed by atoms with Gasteiger partial charge in [0.1, 0.15) is 11.9 Å². The summed E-state index contributed by atoms with van der Waals surface area (Å²) in [5.41, 5.74) is 2.76. The van der Waals surface area contributed by atoms with Gasteiger partial charge >= 0.3 is 6.03 Å². The lowest BCUT2D eigenvalue weighted by molar-refractivity contribution is -0.115. The van der Waals surface area contributed by atoms with Crippen LogP contribution in [0.15, 0.2) is 48.7 Å². The number of aliphatic hydroxyl groups is 1. The van der Waals surface area contributed by atoms with Gasteiger partial charge in [-0.05, 0) is 49.6 Å². The Hall–Kier alpha value is -4.05. The number of anilines is 1. The number of carbonyl (C=O) groups excluding carboxylic acids is 3. The summed E-state index contributed by atoms with van der Waals surface area (Å²) in [6.45, 7) is 4.29. The lowest BCUT2D eigenvalue weighted by Crippen LogP contribution is -2.52. The number of urea groups is 1. The fourth-order valence-corrected chi connectivity index (χ4v) is 6.35. The Balaban J connectivity index is 1.34. The molecular weight excluding hydrogens is 558 g/mol. The van der Waals surface area contributed by atoms with E-state index in [4.69, 9.17) is 4.74 Å². The maximum Gasteiger partial charge on any atom is 0.317 e. The van der Waals surface area contributed by atoms with Crippen LogP contribution in [0.3, 0.4) is 0 Å². The maximum atomic E-state index is 13.8. The molecule has 5 rings (SSSR count). The number of nitrogens with zero attached hydrogens (tertiary/aromatic N) is 3. The van der Waals surface area contributed by atoms with E-state index in [0.717, 1.165) is 42.1 Å². The second kappa shape index (κ2) is 13.7. The van der Waals surface area contributed by atoms with E-state index < -0.39 is 12.1 Å². The third-order valence-electron chi connectivity index (χ3n) is 9.01. The molecule has 0 saturated heterocycles. The monoisotopic (exact) mass is 603 g/mol. The van der Waals surface area contributed by atoms with Crippen molar-refractivity contribution in [3.05, 3.63) is 59.8 Å². The summed E-state index contributed by atoms with van der Waals surface area (Å²) in [7, 11) is 3.72. The molecule has 0 unspecified atom stereocenters. The van der Waals surface area contributed by atoms with Crippen molar-refractivity contribution in [2.24, 2.45) is 13.0 Å². The number of aromatic nitrogens is 1. The van der Waals surface area contributed by atoms with Gasteiger partial charge in [-0.25, -0.2) is 4.79 Å². The molecule has 2 heterocycles. The number of carbonyl (C=O) groups is 3. The van der Waals surface area contributed by atoms with Crippen LogP contribution in [-0.2, 0) is 18.3 Å². The average molecular weight is 604 g/mol. The van der Waals surface area contributed by atoms with Gasteiger partial charge in [-0.15, -0.1) is 0 Å². The fourth-order valence-electron chi connectivity index (χ4n) is 6.35. The zero-order valence-electron chi connectivity index (χ0n) is 26.2. The molecule has 236 valence electrons. The van der Waals surface area contributed by atoms with Crippen molar-refractivity contribution in [3.63, 3.8) is 0 Å². The number of para-hydroxylation sites is 1. The second-order valence-corrected chi connectivity index (χ2v) is 12.5. The number of hydrogen-bond donors (Lipinski definition) is 3. The smallest absolute Gasteiger partial charge is 0.317 e. The summed E-state index contributed by atoms with van der Waals surface area (Å²) in [5.74, 6) is -0.209. The molecule has 4 amide bonds. The quantitative estimate of drug-likeness (QED) is 0.349. The number of amides is 4. The summed E-state index contributed by atoms with van der Waals surface area (Å²) in [6, 6.07) is 12.7. The van der Waals surface area contributed by atoms with Crippen LogP contribution in [0.25, 0.3) is 10.9 Å². The van der Waals surface area contributed by atoms with Gasteiger partial charge < -0.3 is 34.8 Å². The Morgan fingerprint density at radius 3 is 2.64 bits per heavy atom. The molecule has 2 aliphatic rings. The van der Waals surface area contributed by atoms with Crippen LogP contribution in [-0.4, -0.2) is 82.3 Å². The van der Waals surface area contributed by atoms with Crippen molar-refractivity contribution in [1.82, 2.24) is 19.7 Å². The van der Waals surface area contributed by atoms with Crippen LogP contribution in [0.2, 0.25) is 0 Å². The highest BCUT2D eigenvalue weighted by molar-refractivity contribution is 6.00. The molecule has 1 aliphatic heterocycles. The van der Waals surface area contributed by atoms with Gasteiger partial charge in [0.25, 0.3) is 5.91 Å². The van der Waals surface area contributed by atoms with Crippen molar-refractivity contribution < 1.29 is 24.2 Å². The number of aryl methyl sites for hydroxylation is 1. The molecule has 10 nitrogen and oxygen atoms in total. The van der Waals surface area contributed by atoms with Crippen molar-refractivity contribution in [2.45, 2.75) is 70.6 Å². The van der Waals surface area contributed by atoms with Gasteiger partial charge in [0.15, 0.2) is 0 Å². The number of benzene rings is 2. The molecule has 3 aromatic rings. The fraction of sp³-hybridized carbons (Fsp3) is 0.500. The van der Waals surface area contributed by atoms with Crippen molar-refractivity contribution in [2.75, 3.05) is 32.1 Å². The Morgan fingerprint density at radius 2 is 1.89 bits per heavy atom. The zero-order valence-corrected chi connectivity index (χ0v) is 26.2. The van der Waals surface area contributed by atoms with Crippen LogP contribution in [0.1, 0.15) is 61.9 Å². The first kappa shape index (κ1) is 31.4. The summed E-state index contributed by atoms with van der Waals surface area (Å²) >= 11 is 0. The van der Waals surface area contributed by atoms with E-state index in [9.17, 15) is 19.5 Å². The number of aliphatic hydroxyl groups excluding tert-OH is 1. The summed E-state index contributed by atoms with van der Waals surface area (Å²) < 4.78 is 8.46. The van der Waals surface area contributed by atoms with Gasteiger partial charge in [0.05, 0.1) is 31.2 Å². The SMILES string of the molecule is C[C@@H]1CN([C@@H](C)CO)C(=O)c2cc(NC(=O)Cc3cn(C)c4ccccc34)ccc2O[C@@H]1CN(C)C(=O)NC1CCCCC1. The molecule has 2 aromatic carbocycles. The molecule has 1 saturated carbocycles. The van der Waals surface area contributed by atoms with Crippen LogP contribution in [0.5, 0.6) is 5.75 Å². The van der Waals surface area contributed by atoms with E-state index in [2.05, 4.69) is 10.6 Å². The van der Waals surface area contributed by atoms with Crippen LogP contribution < -0.4 is 15.4 Å². The van der Waals surface area contributed by atoms with Crippen molar-refractivity contribution >= 4 is 34.4 Å². The minimum atomic E-state index is -0.423. The van der Waals surface area contributed by atoms with Gasteiger partial charge in [-0.3, -0.25) is 9.59 Å². The summed E-state index contributed by atoms with van der Waals surface area (Å²) in [5, 5.41) is 17.1. The third-order valence-corrected chi connectivity index (χ3v) is 9.01. The Bertz CT molecular complexity index is 1500. The van der Waals surface area contributed by atoms with E-state index in [0.29, 0.717) is 30.1 Å². The molecular formula is C34H45N5O5. The standard InChI is InChI=1S/C34H45N5O5/c1-22-18-39(23(2)21-40)33(42)28-17-26(35-32(41)16-24-19-37(3)29-13-9-8-12-27(24)29)14-15-30(28)44-31(22)20-38(4)34(43)36-25-10-6-5-7-11-25/h8-9,12-15,17,19,22-23,25,31,40H,5-7,10-11,16,18,20-21H2,1-4H3,(H,35,41)(H,36,43)/t22-,23+,31-/m1/s1. The number of ether oxygens (including phenoxy) is 1. The third kappa shape index (κ3) is 7.01. The first-order valence-corrected chi connectivity index (χ1v) is 15.7. The van der Waals surface area contributed by atoms with E-state index in [-0.39, 0.29) is 42.8 Å². The topological polar surface area (TPSA) is 116 Å². The first-order valence-electron chi connectivity index (χ1n) is 15.7. The molecule has 10 heteroatoms. The lowest BCUT2D eigenvalue weighted by Gasteiger charge is -2.38. The van der Waals surface area contributed by atoms with Gasteiger partial charge in [-0.1, -0.05) is 44.4 Å². The molecule has 0 bridgehead atoms. The normalized spacial score (nSPS) is 19.8. The number of rotatable bonds is 8. The van der Waals surface area contributed by atoms with Gasteiger partial charge in [0.2, 0.25) is 5.91 Å². The van der Waals surface area contributed by atoms with E-state index >= 15 is 0 Å². The largest absolute Gasteiger partial charge is 0.487 e. The second-order valence-electron chi connectivity index (χ2n) is 12.5. The van der Waals surface area contributed by atoms with Crippen molar-refractivity contribution in [1.29, 1.82) is 0 Å². The van der Waals surface area contributed by atoms with Gasteiger partial charge in [-0.2, -0.15) is 0 Å². The van der Waals surface area contributed by atoms with E-state index in [1.54, 1.807) is 42.0 Å². The molecule has 1 aromatic heterocycles. The molecule has 3 atom stereocenters. The number of nitrogens with one attached hydrogen (secondary N) is 2. The molecule has 44 heavy (non-hydrogen) atoms. The Morgan fingerprint density at radius 1 is 1.14 bits per heavy atom. The molecule has 1 aliphatic carbocycles. The number of fused-ring (bicyclic) bond motifs is 2. The lowest BCUT2D eigenvalue weighted by atomic mass is 9.96. The summed E-state index contributed by atoms with van der Waals surface area (Å²) in [4.78, 5) is 43.3. The molecule has 0 spiro atoms. The van der Waals surface area contributed by atoms with Crippen LogP contribution in [0.4, 0.5) is 10.5 Å². The highest BCUT2D eigenvalue weighted by Gasteiger charge is 2.34. The Labute approximate surface area is 259 Å². The zero-order chi connectivity index (χ0) is 31.4. The number of hydrogen-bond acceptors (Lipinski definition) is 5. The van der Waals surface area contributed by atoms with Crippen LogP contribution >= 0.6 is 0 Å². The molecule has 0 radical (unpaired) electrons. The average Bonchev–Trinajstić information content (AvgIpc) is 3.33. The Kier molecular flexibility index (Phi) is 9.78. The minimum absolute atomic E-state index is 0.119. The first-order chi connectivity index (χ1) is 21.1. The number of likely N-dealkylation sites (N-methyl/N-ethyl adjacent to an activating group) is 1. The highest BCUT2D eigenvalue weighted by atomic mass is 16.5. The van der Waals surface area contributed by atoms with Gasteiger partial charge in [0, 0.05) is 55.4 Å². The predicted octanol–water partition coefficient (Wildman–Crippen LogP) is 4.55. The van der Waals surface area contributed by atoms with Crippen molar-refractivity contribution in [3.8, 4) is 5.75 Å². The highest BCUT2D eigenvalue weighted by Crippen LogP contribution is 2.31. The minimum Gasteiger partial charge on any atom is -0.487 e. The maximum absolute atomic E-state index is 13.8. The molecule has 1 fully saturated rings. The van der Waals surface area contributed by atoms with Crippen LogP contribution in [0, 0.1) is 5.92 Å². The summed E-state index contributed by atoms with van der Waals surface area (Å²) in [6.07, 6.45) is 7.23.